The van der Waals surface area contributed by atoms with Crippen LogP contribution < -0.4 is 4.90 Å². The predicted molar refractivity (Wildman–Crippen MR) is 248 cm³/mol. The average Bonchev–Trinajstić information content (AvgIpc) is 3.78. The van der Waals surface area contributed by atoms with Crippen molar-refractivity contribution in [1.29, 1.82) is 0 Å². The standard InChI is InChI=1S/C57H41NO/c1-57(2)52-35-44(42-23-21-40(22-24-42)38-13-5-3-6-14-38)29-32-48(52)49-33-30-46(37-53(49)57)58(45-31-34-56-51(36-45)50-18-10-12-20-55(50)59-56)54-19-11-9-17-47(54)43-27-25-41(26-28-43)39-15-7-4-8-16-39/h3-37H,1-2H3. The van der Waals surface area contributed by atoms with Crippen molar-refractivity contribution in [3.8, 4) is 55.6 Å². The maximum Gasteiger partial charge on any atom is 0.135 e. The van der Waals surface area contributed by atoms with Crippen LogP contribution >= 0.6 is 0 Å². The summed E-state index contributed by atoms with van der Waals surface area (Å²) in [6, 6.07) is 76.9. The van der Waals surface area contributed by atoms with Crippen LogP contribution in [0.4, 0.5) is 17.1 Å². The van der Waals surface area contributed by atoms with Crippen molar-refractivity contribution in [2.75, 3.05) is 4.90 Å². The summed E-state index contributed by atoms with van der Waals surface area (Å²) in [5, 5.41) is 2.22. The number of fused-ring (bicyclic) bond motifs is 6. The van der Waals surface area contributed by atoms with Crippen LogP contribution in [0.3, 0.4) is 0 Å². The van der Waals surface area contributed by atoms with Crippen molar-refractivity contribution >= 4 is 39.0 Å². The first-order valence-electron chi connectivity index (χ1n) is 20.4. The van der Waals surface area contributed by atoms with E-state index < -0.39 is 0 Å². The lowest BCUT2D eigenvalue weighted by molar-refractivity contribution is 0.660. The second-order valence-corrected chi connectivity index (χ2v) is 16.1. The molecule has 2 heteroatoms. The second-order valence-electron chi connectivity index (χ2n) is 16.1. The van der Waals surface area contributed by atoms with Gasteiger partial charge in [-0.25, -0.2) is 0 Å². The van der Waals surface area contributed by atoms with Crippen LogP contribution in [-0.2, 0) is 5.41 Å². The molecule has 1 aliphatic rings. The van der Waals surface area contributed by atoms with Gasteiger partial charge in [-0.05, 0) is 110 Å². The number of hydrogen-bond acceptors (Lipinski definition) is 2. The molecule has 2 nitrogen and oxygen atoms in total. The molecule has 10 aromatic rings. The monoisotopic (exact) mass is 755 g/mol. The van der Waals surface area contributed by atoms with E-state index in [9.17, 15) is 0 Å². The maximum atomic E-state index is 6.31. The average molecular weight is 756 g/mol. The van der Waals surface area contributed by atoms with Crippen molar-refractivity contribution in [2.45, 2.75) is 19.3 Å². The lowest BCUT2D eigenvalue weighted by Crippen LogP contribution is -2.17. The molecule has 0 amide bonds. The zero-order valence-electron chi connectivity index (χ0n) is 33.1. The molecule has 11 rings (SSSR count). The van der Waals surface area contributed by atoms with Gasteiger partial charge in [0.15, 0.2) is 0 Å². The van der Waals surface area contributed by atoms with E-state index in [1.165, 1.54) is 61.2 Å². The van der Waals surface area contributed by atoms with E-state index in [-0.39, 0.29) is 5.41 Å². The SMILES string of the molecule is CC1(C)c2cc(-c3ccc(-c4ccccc4)cc3)ccc2-c2ccc(N(c3ccc4oc5ccccc5c4c3)c3ccccc3-c3ccc(-c4ccccc4)cc3)cc21. The number of furan rings is 1. The zero-order valence-corrected chi connectivity index (χ0v) is 33.1. The summed E-state index contributed by atoms with van der Waals surface area (Å²) in [4.78, 5) is 2.43. The van der Waals surface area contributed by atoms with E-state index >= 15 is 0 Å². The smallest absolute Gasteiger partial charge is 0.135 e. The molecule has 1 aromatic heterocycles. The Morgan fingerprint density at radius 2 is 0.814 bits per heavy atom. The van der Waals surface area contributed by atoms with Gasteiger partial charge in [-0.2, -0.15) is 0 Å². The van der Waals surface area contributed by atoms with Gasteiger partial charge in [0.1, 0.15) is 11.2 Å². The molecule has 9 aromatic carbocycles. The number of rotatable bonds is 7. The molecule has 59 heavy (non-hydrogen) atoms. The van der Waals surface area contributed by atoms with Crippen molar-refractivity contribution < 1.29 is 4.42 Å². The first kappa shape index (κ1) is 34.8. The first-order valence-corrected chi connectivity index (χ1v) is 20.4. The highest BCUT2D eigenvalue weighted by Crippen LogP contribution is 2.52. The van der Waals surface area contributed by atoms with Crippen LogP contribution in [0.1, 0.15) is 25.0 Å². The highest BCUT2D eigenvalue weighted by atomic mass is 16.3. The minimum Gasteiger partial charge on any atom is -0.456 e. The summed E-state index contributed by atoms with van der Waals surface area (Å²) in [7, 11) is 0. The summed E-state index contributed by atoms with van der Waals surface area (Å²) >= 11 is 0. The van der Waals surface area contributed by atoms with Crippen molar-refractivity contribution in [3.05, 3.63) is 223 Å². The molecule has 0 radical (unpaired) electrons. The summed E-state index contributed by atoms with van der Waals surface area (Å²) in [6.07, 6.45) is 0. The number of para-hydroxylation sites is 2. The second kappa shape index (κ2) is 13.9. The molecular formula is C57H41NO. The van der Waals surface area contributed by atoms with Crippen LogP contribution in [0.15, 0.2) is 217 Å². The third-order valence-corrected chi connectivity index (χ3v) is 12.3. The highest BCUT2D eigenvalue weighted by Gasteiger charge is 2.36. The normalized spacial score (nSPS) is 12.7. The summed E-state index contributed by atoms with van der Waals surface area (Å²) in [5.41, 5.74) is 19.8. The molecule has 0 aliphatic heterocycles. The Morgan fingerprint density at radius 1 is 0.339 bits per heavy atom. The topological polar surface area (TPSA) is 16.4 Å². The fraction of sp³-hybridized carbons (Fsp3) is 0.0526. The Morgan fingerprint density at radius 3 is 1.51 bits per heavy atom. The lowest BCUT2D eigenvalue weighted by atomic mass is 9.81. The molecule has 0 atom stereocenters. The minimum atomic E-state index is -0.218. The van der Waals surface area contributed by atoms with Crippen molar-refractivity contribution in [1.82, 2.24) is 0 Å². The molecular weight excluding hydrogens is 715 g/mol. The third kappa shape index (κ3) is 5.96. The minimum absolute atomic E-state index is 0.218. The number of nitrogens with zero attached hydrogens (tertiary/aromatic N) is 1. The van der Waals surface area contributed by atoms with Gasteiger partial charge in [-0.1, -0.05) is 178 Å². The van der Waals surface area contributed by atoms with Gasteiger partial charge in [0.2, 0.25) is 0 Å². The van der Waals surface area contributed by atoms with E-state index in [0.717, 1.165) is 44.6 Å². The zero-order chi connectivity index (χ0) is 39.5. The van der Waals surface area contributed by atoms with E-state index in [4.69, 9.17) is 4.42 Å². The fourth-order valence-electron chi connectivity index (χ4n) is 9.20. The van der Waals surface area contributed by atoms with E-state index in [1.807, 2.05) is 12.1 Å². The first-order chi connectivity index (χ1) is 29.0. The van der Waals surface area contributed by atoms with Crippen molar-refractivity contribution in [2.24, 2.45) is 0 Å². The van der Waals surface area contributed by atoms with E-state index in [0.29, 0.717) is 0 Å². The van der Waals surface area contributed by atoms with Gasteiger partial charge >= 0.3 is 0 Å². The van der Waals surface area contributed by atoms with Gasteiger partial charge < -0.3 is 9.32 Å². The molecule has 0 saturated heterocycles. The quantitative estimate of drug-likeness (QED) is 0.161. The van der Waals surface area contributed by atoms with Gasteiger partial charge in [0, 0.05) is 33.1 Å². The van der Waals surface area contributed by atoms with Crippen LogP contribution in [0.2, 0.25) is 0 Å². The van der Waals surface area contributed by atoms with Crippen LogP contribution in [-0.4, -0.2) is 0 Å². The molecule has 0 bridgehead atoms. The molecule has 0 saturated carbocycles. The number of benzene rings is 9. The molecule has 0 unspecified atom stereocenters. The molecule has 1 aliphatic carbocycles. The Hall–Kier alpha value is -7.42. The molecule has 0 N–H and O–H groups in total. The fourth-order valence-corrected chi connectivity index (χ4v) is 9.20. The van der Waals surface area contributed by atoms with Crippen LogP contribution in [0, 0.1) is 0 Å². The highest BCUT2D eigenvalue weighted by molar-refractivity contribution is 6.07. The molecule has 280 valence electrons. The Bertz CT molecular complexity index is 3160. The van der Waals surface area contributed by atoms with Crippen LogP contribution in [0.5, 0.6) is 0 Å². The molecule has 0 fully saturated rings. The van der Waals surface area contributed by atoms with Gasteiger partial charge in [0.25, 0.3) is 0 Å². The summed E-state index contributed by atoms with van der Waals surface area (Å²) < 4.78 is 6.31. The Balaban J connectivity index is 1.03. The van der Waals surface area contributed by atoms with Crippen LogP contribution in [0.25, 0.3) is 77.6 Å². The van der Waals surface area contributed by atoms with E-state index in [2.05, 4.69) is 219 Å². The Labute approximate surface area is 345 Å². The number of hydrogen-bond donors (Lipinski definition) is 0. The Kier molecular flexibility index (Phi) is 8.20. The van der Waals surface area contributed by atoms with Gasteiger partial charge in [-0.3, -0.25) is 0 Å². The maximum absolute atomic E-state index is 6.31. The van der Waals surface area contributed by atoms with Gasteiger partial charge in [-0.15, -0.1) is 0 Å². The third-order valence-electron chi connectivity index (χ3n) is 12.3. The molecule has 1 heterocycles. The number of anilines is 3. The van der Waals surface area contributed by atoms with E-state index in [1.54, 1.807) is 0 Å². The summed E-state index contributed by atoms with van der Waals surface area (Å²) in [5.74, 6) is 0. The van der Waals surface area contributed by atoms with Gasteiger partial charge in [0.05, 0.1) is 5.69 Å². The largest absolute Gasteiger partial charge is 0.456 e. The van der Waals surface area contributed by atoms with Crippen molar-refractivity contribution in [3.63, 3.8) is 0 Å². The lowest BCUT2D eigenvalue weighted by Gasteiger charge is -2.30. The predicted octanol–water partition coefficient (Wildman–Crippen LogP) is 16.0. The summed E-state index contributed by atoms with van der Waals surface area (Å²) in [6.45, 7) is 4.75. The molecule has 0 spiro atoms.